The third kappa shape index (κ3) is 2.69. The summed E-state index contributed by atoms with van der Waals surface area (Å²) in [5, 5.41) is 16.3. The third-order valence-electron chi connectivity index (χ3n) is 3.96. The zero-order valence-electron chi connectivity index (χ0n) is 10.2. The monoisotopic (exact) mass is 235 g/mol. The molecule has 17 heavy (non-hydrogen) atoms. The minimum atomic E-state index is 0.0610. The number of aromatic amines is 1. The molecule has 3 rings (SSSR count). The molecule has 1 unspecified atom stereocenters. The molecule has 1 saturated heterocycles. The van der Waals surface area contributed by atoms with E-state index in [4.69, 9.17) is 5.11 Å². The Morgan fingerprint density at radius 3 is 3.00 bits per heavy atom. The predicted octanol–water partition coefficient (Wildman–Crippen LogP) is 1.49. The van der Waals surface area contributed by atoms with Crippen LogP contribution in [-0.2, 0) is 6.61 Å². The van der Waals surface area contributed by atoms with Gasteiger partial charge in [0.1, 0.15) is 0 Å². The Balaban J connectivity index is 1.61. The van der Waals surface area contributed by atoms with Gasteiger partial charge >= 0.3 is 0 Å². The second-order valence-corrected chi connectivity index (χ2v) is 5.52. The van der Waals surface area contributed by atoms with Crippen molar-refractivity contribution >= 4 is 0 Å². The molecular formula is C13H21N3O. The van der Waals surface area contributed by atoms with E-state index in [1.165, 1.54) is 38.8 Å². The molecule has 2 aliphatic rings. The van der Waals surface area contributed by atoms with Crippen molar-refractivity contribution in [1.82, 2.24) is 15.1 Å². The molecule has 4 heteroatoms. The van der Waals surface area contributed by atoms with Gasteiger partial charge < -0.3 is 10.0 Å². The summed E-state index contributed by atoms with van der Waals surface area (Å²) >= 11 is 0. The zero-order valence-corrected chi connectivity index (χ0v) is 10.2. The van der Waals surface area contributed by atoms with Crippen LogP contribution in [0.25, 0.3) is 0 Å². The van der Waals surface area contributed by atoms with Crippen molar-refractivity contribution in [2.75, 3.05) is 19.6 Å². The Morgan fingerprint density at radius 1 is 1.41 bits per heavy atom. The average Bonchev–Trinajstić information content (AvgIpc) is 3.04. The van der Waals surface area contributed by atoms with Crippen LogP contribution in [0.4, 0.5) is 0 Å². The van der Waals surface area contributed by atoms with Crippen molar-refractivity contribution in [3.05, 3.63) is 17.5 Å². The maximum Gasteiger partial charge on any atom is 0.0847 e. The lowest BCUT2D eigenvalue weighted by Gasteiger charge is -2.31. The summed E-state index contributed by atoms with van der Waals surface area (Å²) in [6, 6.07) is 2.02. The summed E-state index contributed by atoms with van der Waals surface area (Å²) in [6.07, 6.45) is 5.37. The maximum absolute atomic E-state index is 9.05. The van der Waals surface area contributed by atoms with Gasteiger partial charge in [0.2, 0.25) is 0 Å². The predicted molar refractivity (Wildman–Crippen MR) is 65.6 cm³/mol. The number of aliphatic hydroxyl groups is 1. The molecule has 2 fully saturated rings. The molecule has 0 amide bonds. The number of nitrogens with one attached hydrogen (secondary N) is 1. The van der Waals surface area contributed by atoms with E-state index in [2.05, 4.69) is 15.1 Å². The Hall–Kier alpha value is -0.870. The minimum absolute atomic E-state index is 0.0610. The molecule has 1 aliphatic carbocycles. The first-order valence-electron chi connectivity index (χ1n) is 6.72. The number of H-pyrrole nitrogens is 1. The smallest absolute Gasteiger partial charge is 0.0847 e. The Kier molecular flexibility index (Phi) is 3.16. The van der Waals surface area contributed by atoms with Crippen LogP contribution in [-0.4, -0.2) is 39.8 Å². The number of rotatable bonds is 4. The van der Waals surface area contributed by atoms with Crippen molar-refractivity contribution in [3.8, 4) is 0 Å². The van der Waals surface area contributed by atoms with Gasteiger partial charge in [-0.3, -0.25) is 5.10 Å². The van der Waals surface area contributed by atoms with Crippen LogP contribution >= 0.6 is 0 Å². The molecule has 0 radical (unpaired) electrons. The number of aliphatic hydroxyl groups excluding tert-OH is 1. The van der Waals surface area contributed by atoms with Gasteiger partial charge in [0, 0.05) is 19.0 Å². The lowest BCUT2D eigenvalue weighted by atomic mass is 9.94. The minimum Gasteiger partial charge on any atom is -0.390 e. The molecular weight excluding hydrogens is 214 g/mol. The molecule has 1 aliphatic heterocycles. The van der Waals surface area contributed by atoms with E-state index in [1.807, 2.05) is 6.07 Å². The highest BCUT2D eigenvalue weighted by Gasteiger charge is 2.28. The number of aromatic nitrogens is 2. The highest BCUT2D eigenvalue weighted by Crippen LogP contribution is 2.33. The highest BCUT2D eigenvalue weighted by molar-refractivity contribution is 5.14. The van der Waals surface area contributed by atoms with E-state index in [1.54, 1.807) is 0 Å². The first kappa shape index (κ1) is 11.2. The molecule has 0 aromatic carbocycles. The summed E-state index contributed by atoms with van der Waals surface area (Å²) in [6.45, 7) is 3.75. The van der Waals surface area contributed by atoms with Crippen LogP contribution < -0.4 is 0 Å². The largest absolute Gasteiger partial charge is 0.390 e. The highest BCUT2D eigenvalue weighted by atomic mass is 16.3. The number of piperidine rings is 1. The van der Waals surface area contributed by atoms with Gasteiger partial charge in [0.05, 0.1) is 18.0 Å². The number of nitrogens with zero attached hydrogens (tertiary/aromatic N) is 2. The number of hydrogen-bond donors (Lipinski definition) is 2. The fourth-order valence-electron chi connectivity index (χ4n) is 2.80. The second kappa shape index (κ2) is 4.78. The van der Waals surface area contributed by atoms with Gasteiger partial charge in [0.15, 0.2) is 0 Å². The molecule has 0 bridgehead atoms. The van der Waals surface area contributed by atoms with Crippen LogP contribution in [0.1, 0.15) is 43.0 Å². The van der Waals surface area contributed by atoms with Gasteiger partial charge in [-0.05, 0) is 44.2 Å². The summed E-state index contributed by atoms with van der Waals surface area (Å²) in [5.74, 6) is 1.53. The summed E-state index contributed by atoms with van der Waals surface area (Å²) in [7, 11) is 0. The van der Waals surface area contributed by atoms with Crippen molar-refractivity contribution < 1.29 is 5.11 Å². The summed E-state index contributed by atoms with van der Waals surface area (Å²) in [4.78, 5) is 2.60. The van der Waals surface area contributed by atoms with E-state index < -0.39 is 0 Å². The summed E-state index contributed by atoms with van der Waals surface area (Å²) < 4.78 is 0. The SMILES string of the molecule is OCc1cc(C2CCCN(CC3CC3)C2)n[nH]1. The Labute approximate surface area is 102 Å². The lowest BCUT2D eigenvalue weighted by Crippen LogP contribution is -2.35. The van der Waals surface area contributed by atoms with Crippen LogP contribution in [0.2, 0.25) is 0 Å². The van der Waals surface area contributed by atoms with Gasteiger partial charge in [-0.2, -0.15) is 5.10 Å². The molecule has 0 spiro atoms. The van der Waals surface area contributed by atoms with Crippen LogP contribution in [0.5, 0.6) is 0 Å². The molecule has 1 saturated carbocycles. The first-order chi connectivity index (χ1) is 8.35. The van der Waals surface area contributed by atoms with E-state index in [-0.39, 0.29) is 6.61 Å². The maximum atomic E-state index is 9.05. The molecule has 1 aromatic rings. The van der Waals surface area contributed by atoms with Gasteiger partial charge in [0.25, 0.3) is 0 Å². The van der Waals surface area contributed by atoms with Gasteiger partial charge in [-0.15, -0.1) is 0 Å². The van der Waals surface area contributed by atoms with Gasteiger partial charge in [-0.1, -0.05) is 0 Å². The molecule has 94 valence electrons. The van der Waals surface area contributed by atoms with E-state index in [0.717, 1.165) is 23.9 Å². The zero-order chi connectivity index (χ0) is 11.7. The van der Waals surface area contributed by atoms with E-state index >= 15 is 0 Å². The van der Waals surface area contributed by atoms with Crippen LogP contribution in [0.15, 0.2) is 6.07 Å². The molecule has 2 heterocycles. The summed E-state index contributed by atoms with van der Waals surface area (Å²) in [5.41, 5.74) is 1.97. The molecule has 4 nitrogen and oxygen atoms in total. The molecule has 1 atom stereocenters. The van der Waals surface area contributed by atoms with Crippen molar-refractivity contribution in [2.24, 2.45) is 5.92 Å². The van der Waals surface area contributed by atoms with E-state index in [9.17, 15) is 0 Å². The standard InChI is InChI=1S/C13H21N3O/c17-9-12-6-13(15-14-12)11-2-1-5-16(8-11)7-10-3-4-10/h6,10-11,17H,1-5,7-9H2,(H,14,15). The third-order valence-corrected chi connectivity index (χ3v) is 3.96. The van der Waals surface area contributed by atoms with Crippen molar-refractivity contribution in [2.45, 2.75) is 38.2 Å². The fraction of sp³-hybridized carbons (Fsp3) is 0.769. The molecule has 1 aromatic heterocycles. The number of likely N-dealkylation sites (tertiary alicyclic amines) is 1. The quantitative estimate of drug-likeness (QED) is 0.831. The number of hydrogen-bond acceptors (Lipinski definition) is 3. The van der Waals surface area contributed by atoms with Gasteiger partial charge in [-0.25, -0.2) is 0 Å². The fourth-order valence-corrected chi connectivity index (χ4v) is 2.80. The normalized spacial score (nSPS) is 26.3. The van der Waals surface area contributed by atoms with Crippen LogP contribution in [0, 0.1) is 5.92 Å². The lowest BCUT2D eigenvalue weighted by molar-refractivity contribution is 0.198. The Bertz CT molecular complexity index is 372. The van der Waals surface area contributed by atoms with Crippen molar-refractivity contribution in [1.29, 1.82) is 0 Å². The molecule has 2 N–H and O–H groups in total. The van der Waals surface area contributed by atoms with Crippen molar-refractivity contribution in [3.63, 3.8) is 0 Å². The Morgan fingerprint density at radius 2 is 2.29 bits per heavy atom. The average molecular weight is 235 g/mol. The first-order valence-corrected chi connectivity index (χ1v) is 6.72. The second-order valence-electron chi connectivity index (χ2n) is 5.52. The van der Waals surface area contributed by atoms with E-state index in [0.29, 0.717) is 5.92 Å². The van der Waals surface area contributed by atoms with Crippen LogP contribution in [0.3, 0.4) is 0 Å². The topological polar surface area (TPSA) is 52.1 Å².